The largest absolute Gasteiger partial charge is 0.418 e. The summed E-state index contributed by atoms with van der Waals surface area (Å²) >= 11 is 0. The molecule has 1 atom stereocenters. The van der Waals surface area contributed by atoms with Crippen molar-refractivity contribution >= 4 is 10.5 Å². The van der Waals surface area contributed by atoms with E-state index in [1.54, 1.807) is 0 Å². The fourth-order valence-corrected chi connectivity index (χ4v) is 3.43. The minimum atomic E-state index is -0.263. The van der Waals surface area contributed by atoms with E-state index in [2.05, 4.69) is 69.3 Å². The Kier molecular flexibility index (Phi) is 3.60. The summed E-state index contributed by atoms with van der Waals surface area (Å²) < 4.78 is 6.07. The lowest BCUT2D eigenvalue weighted by Crippen LogP contribution is -2.42. The SMILES string of the molecule is CC(C)(C1=CCC=C1)C(C)(O[SiH3])c1ccccc1. The molecule has 0 saturated carbocycles. The zero-order valence-electron chi connectivity index (χ0n) is 11.7. The van der Waals surface area contributed by atoms with Gasteiger partial charge in [0, 0.05) is 5.41 Å². The van der Waals surface area contributed by atoms with Gasteiger partial charge in [-0.2, -0.15) is 0 Å². The molecule has 0 bridgehead atoms. The zero-order valence-corrected chi connectivity index (χ0v) is 13.7. The van der Waals surface area contributed by atoms with Crippen molar-refractivity contribution in [2.45, 2.75) is 32.8 Å². The van der Waals surface area contributed by atoms with Gasteiger partial charge in [-0.15, -0.1) is 0 Å². The van der Waals surface area contributed by atoms with Crippen LogP contribution in [0.3, 0.4) is 0 Å². The minimum Gasteiger partial charge on any atom is -0.418 e. The first-order chi connectivity index (χ1) is 8.52. The van der Waals surface area contributed by atoms with E-state index in [1.165, 1.54) is 11.1 Å². The highest BCUT2D eigenvalue weighted by Gasteiger charge is 2.44. The van der Waals surface area contributed by atoms with Crippen LogP contribution in [0, 0.1) is 5.41 Å². The van der Waals surface area contributed by atoms with Crippen molar-refractivity contribution in [3.05, 3.63) is 59.7 Å². The summed E-state index contributed by atoms with van der Waals surface area (Å²) in [6.45, 7) is 6.76. The quantitative estimate of drug-likeness (QED) is 0.754. The molecule has 0 fully saturated rings. The van der Waals surface area contributed by atoms with Crippen molar-refractivity contribution < 1.29 is 4.43 Å². The molecule has 0 aromatic heterocycles. The van der Waals surface area contributed by atoms with Crippen molar-refractivity contribution in [3.63, 3.8) is 0 Å². The number of rotatable bonds is 4. The normalized spacial score (nSPS) is 18.7. The first-order valence-corrected chi connectivity index (χ1v) is 7.32. The number of benzene rings is 1. The first-order valence-electron chi connectivity index (χ1n) is 6.50. The van der Waals surface area contributed by atoms with Gasteiger partial charge in [0.05, 0.1) is 5.60 Å². The van der Waals surface area contributed by atoms with Gasteiger partial charge in [0.25, 0.3) is 0 Å². The van der Waals surface area contributed by atoms with E-state index in [1.807, 2.05) is 0 Å². The van der Waals surface area contributed by atoms with Gasteiger partial charge in [0.2, 0.25) is 0 Å². The highest BCUT2D eigenvalue weighted by Crippen LogP contribution is 2.48. The second kappa shape index (κ2) is 4.86. The summed E-state index contributed by atoms with van der Waals surface area (Å²) in [7, 11) is 0.732. The van der Waals surface area contributed by atoms with Crippen LogP contribution in [0.2, 0.25) is 0 Å². The standard InChI is InChI=1S/C16H22OSi/c1-15(2,13-9-7-8-10-13)16(3,17-18)14-11-5-4-6-12-14/h4-7,9-12H,8H2,1-3,18H3. The maximum absolute atomic E-state index is 6.07. The lowest BCUT2D eigenvalue weighted by Gasteiger charge is -2.45. The van der Waals surface area contributed by atoms with E-state index < -0.39 is 0 Å². The van der Waals surface area contributed by atoms with E-state index in [0.717, 1.165) is 16.9 Å². The summed E-state index contributed by atoms with van der Waals surface area (Å²) in [5.74, 6) is 0. The smallest absolute Gasteiger partial charge is 0.147 e. The summed E-state index contributed by atoms with van der Waals surface area (Å²) in [4.78, 5) is 0. The molecule has 1 aromatic rings. The summed E-state index contributed by atoms with van der Waals surface area (Å²) in [6, 6.07) is 10.6. The van der Waals surface area contributed by atoms with Gasteiger partial charge in [-0.25, -0.2) is 0 Å². The van der Waals surface area contributed by atoms with E-state index in [9.17, 15) is 0 Å². The zero-order chi connectivity index (χ0) is 13.2. The van der Waals surface area contributed by atoms with E-state index >= 15 is 0 Å². The Morgan fingerprint density at radius 3 is 2.28 bits per heavy atom. The molecule has 0 N–H and O–H groups in total. The van der Waals surface area contributed by atoms with Crippen LogP contribution in [0.25, 0.3) is 0 Å². The predicted molar refractivity (Wildman–Crippen MR) is 80.4 cm³/mol. The van der Waals surface area contributed by atoms with E-state index in [-0.39, 0.29) is 11.0 Å². The number of hydrogen-bond donors (Lipinski definition) is 0. The molecule has 18 heavy (non-hydrogen) atoms. The Morgan fingerprint density at radius 1 is 1.11 bits per heavy atom. The van der Waals surface area contributed by atoms with Crippen molar-refractivity contribution in [1.29, 1.82) is 0 Å². The molecule has 2 rings (SSSR count). The van der Waals surface area contributed by atoms with Crippen LogP contribution < -0.4 is 0 Å². The van der Waals surface area contributed by atoms with Crippen molar-refractivity contribution in [2.24, 2.45) is 5.41 Å². The molecule has 0 amide bonds. The second-order valence-corrected chi connectivity index (χ2v) is 5.93. The molecule has 96 valence electrons. The predicted octanol–water partition coefficient (Wildman–Crippen LogP) is 3.11. The molecule has 1 nitrogen and oxygen atoms in total. The van der Waals surface area contributed by atoms with Crippen LogP contribution >= 0.6 is 0 Å². The van der Waals surface area contributed by atoms with Gasteiger partial charge in [-0.1, -0.05) is 62.4 Å². The van der Waals surface area contributed by atoms with Gasteiger partial charge >= 0.3 is 0 Å². The highest BCUT2D eigenvalue weighted by atomic mass is 28.2. The average Bonchev–Trinajstić information content (AvgIpc) is 2.93. The summed E-state index contributed by atoms with van der Waals surface area (Å²) in [5, 5.41) is 0. The van der Waals surface area contributed by atoms with Gasteiger partial charge in [0.1, 0.15) is 10.5 Å². The fourth-order valence-electron chi connectivity index (χ4n) is 2.69. The Bertz CT molecular complexity index is 473. The van der Waals surface area contributed by atoms with Crippen molar-refractivity contribution in [1.82, 2.24) is 0 Å². The lowest BCUT2D eigenvalue weighted by molar-refractivity contribution is -0.00186. The Labute approximate surface area is 113 Å². The van der Waals surface area contributed by atoms with E-state index in [0.29, 0.717) is 0 Å². The Balaban J connectivity index is 2.47. The minimum absolute atomic E-state index is 0.0247. The van der Waals surface area contributed by atoms with Crippen LogP contribution in [0.4, 0.5) is 0 Å². The molecule has 1 aromatic carbocycles. The van der Waals surface area contributed by atoms with Crippen LogP contribution in [0.15, 0.2) is 54.1 Å². The van der Waals surface area contributed by atoms with Crippen molar-refractivity contribution in [2.75, 3.05) is 0 Å². The van der Waals surface area contributed by atoms with Gasteiger partial charge in [0.15, 0.2) is 0 Å². The fraction of sp³-hybridized carbons (Fsp3) is 0.375. The maximum Gasteiger partial charge on any atom is 0.147 e. The molecule has 0 spiro atoms. The molecule has 0 aliphatic heterocycles. The average molecular weight is 258 g/mol. The molecular formula is C16H22OSi. The van der Waals surface area contributed by atoms with Gasteiger partial charge in [-0.3, -0.25) is 0 Å². The lowest BCUT2D eigenvalue weighted by atomic mass is 9.67. The summed E-state index contributed by atoms with van der Waals surface area (Å²) in [5.41, 5.74) is 2.35. The third kappa shape index (κ3) is 2.00. The van der Waals surface area contributed by atoms with Gasteiger partial charge < -0.3 is 4.43 Å². The van der Waals surface area contributed by atoms with Gasteiger partial charge in [-0.05, 0) is 24.5 Å². The molecule has 1 aliphatic carbocycles. The molecule has 1 unspecified atom stereocenters. The van der Waals surface area contributed by atoms with E-state index in [4.69, 9.17) is 4.43 Å². The Hall–Kier alpha value is -1.12. The first kappa shape index (κ1) is 13.3. The number of hydrogen-bond acceptors (Lipinski definition) is 1. The molecule has 0 heterocycles. The third-order valence-electron chi connectivity index (χ3n) is 4.42. The van der Waals surface area contributed by atoms with Crippen LogP contribution in [0.1, 0.15) is 32.8 Å². The van der Waals surface area contributed by atoms with Crippen molar-refractivity contribution in [3.8, 4) is 0 Å². The molecule has 1 aliphatic rings. The van der Waals surface area contributed by atoms with Crippen LogP contribution in [-0.4, -0.2) is 10.5 Å². The third-order valence-corrected chi connectivity index (χ3v) is 5.23. The van der Waals surface area contributed by atoms with Crippen LogP contribution in [0.5, 0.6) is 0 Å². The molecule has 2 heteroatoms. The monoisotopic (exact) mass is 258 g/mol. The second-order valence-electron chi connectivity index (χ2n) is 5.53. The topological polar surface area (TPSA) is 9.23 Å². The molecule has 0 radical (unpaired) electrons. The Morgan fingerprint density at radius 2 is 1.78 bits per heavy atom. The molecule has 0 saturated heterocycles. The number of allylic oxidation sites excluding steroid dienone is 3. The van der Waals surface area contributed by atoms with Crippen LogP contribution in [-0.2, 0) is 10.0 Å². The maximum atomic E-state index is 6.07. The highest BCUT2D eigenvalue weighted by molar-refractivity contribution is 5.98. The summed E-state index contributed by atoms with van der Waals surface area (Å²) in [6.07, 6.45) is 7.81. The molecular weight excluding hydrogens is 236 g/mol.